The predicted octanol–water partition coefficient (Wildman–Crippen LogP) is 2.22. The van der Waals surface area contributed by atoms with Gasteiger partial charge in [0.2, 0.25) is 0 Å². The molecule has 1 aliphatic carbocycles. The number of hydrogen-bond acceptors (Lipinski definition) is 4. The molecule has 1 saturated carbocycles. The highest BCUT2D eigenvalue weighted by atomic mass is 16.2. The Balaban J connectivity index is 1.48. The molecule has 7 nitrogen and oxygen atoms in total. The average molecular weight is 368 g/mol. The normalized spacial score (nSPS) is 22.0. The van der Waals surface area contributed by atoms with Crippen molar-refractivity contribution in [2.24, 2.45) is 5.10 Å². The molecule has 0 atom stereocenters. The largest absolute Gasteiger partial charge is 0.327 e. The fourth-order valence-electron chi connectivity index (χ4n) is 4.36. The molecule has 0 bridgehead atoms. The molecule has 142 valence electrons. The van der Waals surface area contributed by atoms with Gasteiger partial charge in [0.15, 0.2) is 0 Å². The summed E-state index contributed by atoms with van der Waals surface area (Å²) in [6.45, 7) is 0.232. The molecule has 0 radical (unpaired) electrons. The van der Waals surface area contributed by atoms with Crippen molar-refractivity contribution < 1.29 is 14.4 Å². The minimum atomic E-state index is -0.751. The van der Waals surface area contributed by atoms with E-state index >= 15 is 0 Å². The first-order valence-electron chi connectivity index (χ1n) is 9.56. The molecule has 0 N–H and O–H groups in total. The molecule has 0 aromatic heterocycles. The number of carbonyl (C=O) groups excluding carboxylic acids is 3. The third-order valence-electron chi connectivity index (χ3n) is 5.97. The van der Waals surface area contributed by atoms with Gasteiger partial charge in [0, 0.05) is 13.5 Å². The number of urea groups is 1. The number of imide groups is 1. The molecule has 7 heteroatoms. The van der Waals surface area contributed by atoms with Crippen molar-refractivity contribution in [2.75, 3.05) is 20.1 Å². The molecule has 2 heterocycles. The van der Waals surface area contributed by atoms with Crippen LogP contribution in [0, 0.1) is 0 Å². The van der Waals surface area contributed by atoms with E-state index in [4.69, 9.17) is 0 Å². The summed E-state index contributed by atoms with van der Waals surface area (Å²) in [6.07, 6.45) is 4.98. The summed E-state index contributed by atoms with van der Waals surface area (Å²) in [5.74, 6) is -0.543. The average Bonchev–Trinajstić information content (AvgIpc) is 3.26. The van der Waals surface area contributed by atoms with Crippen LogP contribution in [-0.2, 0) is 9.59 Å². The Morgan fingerprint density at radius 3 is 2.52 bits per heavy atom. The zero-order valence-corrected chi connectivity index (χ0v) is 15.6. The van der Waals surface area contributed by atoms with Crippen molar-refractivity contribution >= 4 is 23.6 Å². The van der Waals surface area contributed by atoms with Crippen molar-refractivity contribution in [3.05, 3.63) is 35.9 Å². The molecule has 2 fully saturated rings. The van der Waals surface area contributed by atoms with Crippen molar-refractivity contribution in [3.63, 3.8) is 0 Å². The number of amides is 4. The molecule has 1 aromatic rings. The van der Waals surface area contributed by atoms with E-state index in [0.717, 1.165) is 35.4 Å². The first-order chi connectivity index (χ1) is 13.0. The highest BCUT2D eigenvalue weighted by molar-refractivity contribution is 6.09. The van der Waals surface area contributed by atoms with Crippen molar-refractivity contribution in [3.8, 4) is 0 Å². The lowest BCUT2D eigenvalue weighted by Crippen LogP contribution is -2.49. The lowest BCUT2D eigenvalue weighted by Gasteiger charge is -2.35. The molecular weight excluding hydrogens is 344 g/mol. The second kappa shape index (κ2) is 6.79. The molecule has 4 rings (SSSR count). The summed E-state index contributed by atoms with van der Waals surface area (Å²) in [5, 5.41) is 5.79. The highest BCUT2D eigenvalue weighted by Crippen LogP contribution is 2.39. The maximum absolute atomic E-state index is 13.0. The topological polar surface area (TPSA) is 73.3 Å². The van der Waals surface area contributed by atoms with Gasteiger partial charge in [0.05, 0.1) is 12.3 Å². The first-order valence-corrected chi connectivity index (χ1v) is 9.56. The molecule has 1 aromatic carbocycles. The molecular formula is C20H24N4O3. The Morgan fingerprint density at radius 2 is 1.81 bits per heavy atom. The van der Waals surface area contributed by atoms with E-state index in [2.05, 4.69) is 5.10 Å². The molecule has 4 amide bonds. The predicted molar refractivity (Wildman–Crippen MR) is 100.0 cm³/mol. The van der Waals surface area contributed by atoms with E-state index < -0.39 is 5.54 Å². The van der Waals surface area contributed by atoms with Crippen LogP contribution in [0.15, 0.2) is 35.4 Å². The summed E-state index contributed by atoms with van der Waals surface area (Å²) in [6, 6.07) is 9.35. The van der Waals surface area contributed by atoms with Gasteiger partial charge in [-0.1, -0.05) is 49.6 Å². The Kier molecular flexibility index (Phi) is 4.45. The van der Waals surface area contributed by atoms with Crippen LogP contribution in [-0.4, -0.2) is 64.0 Å². The lowest BCUT2D eigenvalue weighted by atomic mass is 9.81. The van der Waals surface area contributed by atoms with Gasteiger partial charge < -0.3 is 4.90 Å². The smallest absolute Gasteiger partial charge is 0.313 e. The Labute approximate surface area is 158 Å². The third kappa shape index (κ3) is 2.91. The Hall–Kier alpha value is -2.70. The standard InChI is InChI=1S/C20H24N4O3/c1-22-19(27)23(18(26)20(22)11-6-3-7-12-20)14-17(25)24-13-10-16(21-24)15-8-4-2-5-9-15/h2,4-5,8-9H,3,6-7,10-14H2,1H3. The van der Waals surface area contributed by atoms with Gasteiger partial charge in [0.25, 0.3) is 11.8 Å². The van der Waals surface area contributed by atoms with Crippen LogP contribution in [0.1, 0.15) is 44.1 Å². The van der Waals surface area contributed by atoms with Crippen LogP contribution >= 0.6 is 0 Å². The minimum Gasteiger partial charge on any atom is -0.313 e. The zero-order valence-electron chi connectivity index (χ0n) is 15.6. The van der Waals surface area contributed by atoms with Crippen LogP contribution in [0.25, 0.3) is 0 Å². The summed E-state index contributed by atoms with van der Waals surface area (Å²) in [5.41, 5.74) is 1.09. The molecule has 0 unspecified atom stereocenters. The van der Waals surface area contributed by atoms with Crippen LogP contribution in [0.2, 0.25) is 0 Å². The number of nitrogens with zero attached hydrogens (tertiary/aromatic N) is 4. The number of benzene rings is 1. The quantitative estimate of drug-likeness (QED) is 0.768. The number of rotatable bonds is 3. The van der Waals surface area contributed by atoms with Crippen molar-refractivity contribution in [1.29, 1.82) is 0 Å². The van der Waals surface area contributed by atoms with E-state index in [-0.39, 0.29) is 24.4 Å². The lowest BCUT2D eigenvalue weighted by molar-refractivity contribution is -0.140. The first kappa shape index (κ1) is 17.7. The Bertz CT molecular complexity index is 799. The SMILES string of the molecule is CN1C(=O)N(CC(=O)N2CCC(c3ccccc3)=N2)C(=O)C12CCCCC2. The maximum atomic E-state index is 13.0. The molecule has 3 aliphatic rings. The van der Waals surface area contributed by atoms with Gasteiger partial charge >= 0.3 is 6.03 Å². The van der Waals surface area contributed by atoms with Crippen molar-refractivity contribution in [1.82, 2.24) is 14.8 Å². The summed E-state index contributed by atoms with van der Waals surface area (Å²) >= 11 is 0. The van der Waals surface area contributed by atoms with Gasteiger partial charge in [-0.15, -0.1) is 0 Å². The highest BCUT2D eigenvalue weighted by Gasteiger charge is 2.56. The van der Waals surface area contributed by atoms with E-state index in [1.54, 1.807) is 11.9 Å². The zero-order chi connectivity index (χ0) is 19.0. The van der Waals surface area contributed by atoms with Crippen LogP contribution in [0.5, 0.6) is 0 Å². The number of likely N-dealkylation sites (N-methyl/N-ethyl adjacent to an activating group) is 1. The van der Waals surface area contributed by atoms with Crippen LogP contribution in [0.3, 0.4) is 0 Å². The number of carbonyl (C=O) groups is 3. The molecule has 2 aliphatic heterocycles. The maximum Gasteiger partial charge on any atom is 0.327 e. The second-order valence-corrected chi connectivity index (χ2v) is 7.50. The van der Waals surface area contributed by atoms with E-state index in [1.165, 1.54) is 5.01 Å². The molecule has 1 saturated heterocycles. The van der Waals surface area contributed by atoms with E-state index in [1.807, 2.05) is 30.3 Å². The van der Waals surface area contributed by atoms with E-state index in [9.17, 15) is 14.4 Å². The molecule has 27 heavy (non-hydrogen) atoms. The van der Waals surface area contributed by atoms with Gasteiger partial charge in [-0.2, -0.15) is 5.10 Å². The summed E-state index contributed by atoms with van der Waals surface area (Å²) < 4.78 is 0. The van der Waals surface area contributed by atoms with Gasteiger partial charge in [-0.05, 0) is 18.4 Å². The third-order valence-corrected chi connectivity index (χ3v) is 5.97. The van der Waals surface area contributed by atoms with Crippen molar-refractivity contribution in [2.45, 2.75) is 44.1 Å². The fraction of sp³-hybridized carbons (Fsp3) is 0.500. The van der Waals surface area contributed by atoms with Gasteiger partial charge in [-0.25, -0.2) is 9.80 Å². The summed E-state index contributed by atoms with van der Waals surface area (Å²) in [4.78, 5) is 41.0. The minimum absolute atomic E-state index is 0.227. The van der Waals surface area contributed by atoms with Crippen LogP contribution < -0.4 is 0 Å². The monoisotopic (exact) mass is 368 g/mol. The second-order valence-electron chi connectivity index (χ2n) is 7.50. The fourth-order valence-corrected chi connectivity index (χ4v) is 4.36. The van der Waals surface area contributed by atoms with Gasteiger partial charge in [-0.3, -0.25) is 14.5 Å². The number of hydrazone groups is 1. The van der Waals surface area contributed by atoms with Gasteiger partial charge in [0.1, 0.15) is 12.1 Å². The molecule has 1 spiro atoms. The summed E-state index contributed by atoms with van der Waals surface area (Å²) in [7, 11) is 1.68. The van der Waals surface area contributed by atoms with Crippen LogP contribution in [0.4, 0.5) is 4.79 Å². The van der Waals surface area contributed by atoms with E-state index in [0.29, 0.717) is 25.8 Å². The number of hydrogen-bond donors (Lipinski definition) is 0. The Morgan fingerprint density at radius 1 is 1.11 bits per heavy atom.